The summed E-state index contributed by atoms with van der Waals surface area (Å²) >= 11 is 0. The highest BCUT2D eigenvalue weighted by Gasteiger charge is 2.22. The van der Waals surface area contributed by atoms with Gasteiger partial charge in [0.25, 0.3) is 0 Å². The molecule has 5 heteroatoms. The van der Waals surface area contributed by atoms with Gasteiger partial charge in [0, 0.05) is 25.0 Å². The first kappa shape index (κ1) is 13.5. The zero-order valence-electron chi connectivity index (χ0n) is 11.8. The van der Waals surface area contributed by atoms with Gasteiger partial charge in [0.2, 0.25) is 0 Å². The van der Waals surface area contributed by atoms with Crippen LogP contribution in [0, 0.1) is 0 Å². The molecule has 2 rings (SSSR count). The Balaban J connectivity index is 2.49. The van der Waals surface area contributed by atoms with Crippen molar-refractivity contribution in [3.8, 4) is 5.75 Å². The van der Waals surface area contributed by atoms with Crippen LogP contribution in [0.1, 0.15) is 29.9 Å². The molecule has 1 atom stereocenters. The highest BCUT2D eigenvalue weighted by molar-refractivity contribution is 5.37. The lowest BCUT2D eigenvalue weighted by Gasteiger charge is -2.18. The van der Waals surface area contributed by atoms with Gasteiger partial charge in [-0.25, -0.2) is 0 Å². The maximum absolute atomic E-state index is 5.40. The summed E-state index contributed by atoms with van der Waals surface area (Å²) in [5.41, 5.74) is 3.11. The molecule has 2 aromatic rings. The van der Waals surface area contributed by atoms with Crippen molar-refractivity contribution in [3.63, 3.8) is 0 Å². The highest BCUT2D eigenvalue weighted by Crippen LogP contribution is 2.29. The fraction of sp³-hybridized carbons (Fsp3) is 0.429. The molecule has 0 aliphatic carbocycles. The fourth-order valence-corrected chi connectivity index (χ4v) is 2.30. The molecule has 0 spiro atoms. The van der Waals surface area contributed by atoms with E-state index < -0.39 is 0 Å². The fourth-order valence-electron chi connectivity index (χ4n) is 2.30. The SMILES string of the molecule is CCc1nn(C)cc1C(NC)c1ncccc1OC. The summed E-state index contributed by atoms with van der Waals surface area (Å²) in [6.45, 7) is 2.11. The molecule has 0 bridgehead atoms. The normalized spacial score (nSPS) is 12.4. The number of ether oxygens (including phenoxy) is 1. The third kappa shape index (κ3) is 2.61. The molecule has 19 heavy (non-hydrogen) atoms. The second-order valence-corrected chi connectivity index (χ2v) is 4.37. The maximum atomic E-state index is 5.40. The Morgan fingerprint density at radius 3 is 2.89 bits per heavy atom. The molecule has 1 unspecified atom stereocenters. The van der Waals surface area contributed by atoms with E-state index in [1.165, 1.54) is 0 Å². The first-order chi connectivity index (χ1) is 9.21. The van der Waals surface area contributed by atoms with E-state index in [0.717, 1.165) is 29.1 Å². The minimum absolute atomic E-state index is 0.0141. The van der Waals surface area contributed by atoms with Gasteiger partial charge in [-0.1, -0.05) is 6.92 Å². The Hall–Kier alpha value is -1.88. The van der Waals surface area contributed by atoms with Crippen LogP contribution in [0.2, 0.25) is 0 Å². The second-order valence-electron chi connectivity index (χ2n) is 4.37. The molecule has 2 heterocycles. The zero-order chi connectivity index (χ0) is 13.8. The van der Waals surface area contributed by atoms with Crippen molar-refractivity contribution < 1.29 is 4.74 Å². The predicted molar refractivity (Wildman–Crippen MR) is 74.3 cm³/mol. The number of aryl methyl sites for hydroxylation is 2. The van der Waals surface area contributed by atoms with Crippen LogP contribution in [0.4, 0.5) is 0 Å². The molecule has 0 aromatic carbocycles. The zero-order valence-corrected chi connectivity index (χ0v) is 11.8. The van der Waals surface area contributed by atoms with Crippen molar-refractivity contribution in [1.29, 1.82) is 0 Å². The van der Waals surface area contributed by atoms with Crippen LogP contribution in [0.15, 0.2) is 24.5 Å². The molecular weight excluding hydrogens is 240 g/mol. The standard InChI is InChI=1S/C14H20N4O/c1-5-11-10(9-18(3)17-11)13(15-2)14-12(19-4)7-6-8-16-14/h6-9,13,15H,5H2,1-4H3. The lowest BCUT2D eigenvalue weighted by atomic mass is 10.0. The van der Waals surface area contributed by atoms with Crippen LogP contribution in [0.3, 0.4) is 0 Å². The van der Waals surface area contributed by atoms with Gasteiger partial charge in [-0.15, -0.1) is 0 Å². The largest absolute Gasteiger partial charge is 0.495 e. The topological polar surface area (TPSA) is 52.0 Å². The van der Waals surface area contributed by atoms with Crippen LogP contribution in [0.25, 0.3) is 0 Å². The minimum Gasteiger partial charge on any atom is -0.495 e. The monoisotopic (exact) mass is 260 g/mol. The Labute approximate surface area is 113 Å². The number of aromatic nitrogens is 3. The lowest BCUT2D eigenvalue weighted by Crippen LogP contribution is -2.20. The van der Waals surface area contributed by atoms with Crippen molar-refractivity contribution in [1.82, 2.24) is 20.1 Å². The molecule has 0 aliphatic heterocycles. The summed E-state index contributed by atoms with van der Waals surface area (Å²) in [6.07, 6.45) is 4.71. The summed E-state index contributed by atoms with van der Waals surface area (Å²) in [6, 6.07) is 3.79. The van der Waals surface area contributed by atoms with Gasteiger partial charge in [0.15, 0.2) is 0 Å². The van der Waals surface area contributed by atoms with E-state index in [2.05, 4.69) is 22.3 Å². The average molecular weight is 260 g/mol. The first-order valence-electron chi connectivity index (χ1n) is 6.39. The molecule has 2 aromatic heterocycles. The number of rotatable bonds is 5. The molecule has 5 nitrogen and oxygen atoms in total. The predicted octanol–water partition coefficient (Wildman–Crippen LogP) is 1.69. The van der Waals surface area contributed by atoms with Gasteiger partial charge in [-0.2, -0.15) is 5.10 Å². The van der Waals surface area contributed by atoms with Crippen LogP contribution < -0.4 is 10.1 Å². The van der Waals surface area contributed by atoms with Gasteiger partial charge in [0.1, 0.15) is 11.4 Å². The minimum atomic E-state index is -0.0141. The Morgan fingerprint density at radius 1 is 1.47 bits per heavy atom. The molecule has 0 amide bonds. The van der Waals surface area contributed by atoms with Gasteiger partial charge in [-0.05, 0) is 25.6 Å². The maximum Gasteiger partial charge on any atom is 0.142 e. The molecule has 1 N–H and O–H groups in total. The number of pyridine rings is 1. The van der Waals surface area contributed by atoms with Crippen molar-refractivity contribution in [2.45, 2.75) is 19.4 Å². The summed E-state index contributed by atoms with van der Waals surface area (Å²) in [4.78, 5) is 4.46. The number of nitrogens with one attached hydrogen (secondary N) is 1. The van der Waals surface area contributed by atoms with E-state index in [-0.39, 0.29) is 6.04 Å². The van der Waals surface area contributed by atoms with E-state index in [1.54, 1.807) is 13.3 Å². The molecule has 0 fully saturated rings. The number of nitrogens with zero attached hydrogens (tertiary/aromatic N) is 3. The van der Waals surface area contributed by atoms with Crippen LogP contribution in [-0.4, -0.2) is 28.9 Å². The van der Waals surface area contributed by atoms with Gasteiger partial charge < -0.3 is 10.1 Å². The lowest BCUT2D eigenvalue weighted by molar-refractivity contribution is 0.401. The third-order valence-corrected chi connectivity index (χ3v) is 3.17. The van der Waals surface area contributed by atoms with E-state index in [0.29, 0.717) is 0 Å². The van der Waals surface area contributed by atoms with Crippen molar-refractivity contribution >= 4 is 0 Å². The van der Waals surface area contributed by atoms with Crippen LogP contribution in [0.5, 0.6) is 5.75 Å². The third-order valence-electron chi connectivity index (χ3n) is 3.17. The molecule has 0 saturated heterocycles. The van der Waals surface area contributed by atoms with E-state index in [1.807, 2.05) is 37.1 Å². The van der Waals surface area contributed by atoms with Crippen molar-refractivity contribution in [2.24, 2.45) is 7.05 Å². The van der Waals surface area contributed by atoms with E-state index in [4.69, 9.17) is 4.74 Å². The number of methoxy groups -OCH3 is 1. The number of hydrogen-bond donors (Lipinski definition) is 1. The van der Waals surface area contributed by atoms with E-state index in [9.17, 15) is 0 Å². The Kier molecular flexibility index (Phi) is 4.16. The average Bonchev–Trinajstić information content (AvgIpc) is 2.81. The highest BCUT2D eigenvalue weighted by atomic mass is 16.5. The summed E-state index contributed by atoms with van der Waals surface area (Å²) in [5, 5.41) is 7.79. The van der Waals surface area contributed by atoms with Gasteiger partial charge >= 0.3 is 0 Å². The molecular formula is C14H20N4O. The van der Waals surface area contributed by atoms with Crippen molar-refractivity contribution in [3.05, 3.63) is 41.5 Å². The smallest absolute Gasteiger partial charge is 0.142 e. The Bertz CT molecular complexity index is 550. The summed E-state index contributed by atoms with van der Waals surface area (Å²) < 4.78 is 7.24. The molecule has 0 saturated carbocycles. The quantitative estimate of drug-likeness (QED) is 0.889. The summed E-state index contributed by atoms with van der Waals surface area (Å²) in [7, 11) is 5.52. The molecule has 0 aliphatic rings. The van der Waals surface area contributed by atoms with Crippen molar-refractivity contribution in [2.75, 3.05) is 14.2 Å². The second kappa shape index (κ2) is 5.84. The van der Waals surface area contributed by atoms with Gasteiger partial charge in [0.05, 0.1) is 18.8 Å². The first-order valence-corrected chi connectivity index (χ1v) is 6.39. The number of hydrogen-bond acceptors (Lipinski definition) is 4. The Morgan fingerprint density at radius 2 is 2.26 bits per heavy atom. The molecule has 102 valence electrons. The summed E-state index contributed by atoms with van der Waals surface area (Å²) in [5.74, 6) is 0.785. The van der Waals surface area contributed by atoms with Crippen LogP contribution in [-0.2, 0) is 13.5 Å². The van der Waals surface area contributed by atoms with Crippen LogP contribution >= 0.6 is 0 Å². The van der Waals surface area contributed by atoms with Gasteiger partial charge in [-0.3, -0.25) is 9.67 Å². The molecule has 0 radical (unpaired) electrons. The van der Waals surface area contributed by atoms with E-state index >= 15 is 0 Å².